The van der Waals surface area contributed by atoms with Crippen molar-refractivity contribution in [1.82, 2.24) is 10.2 Å². The molecule has 0 aromatic rings. The number of hydrogen-bond donors (Lipinski definition) is 1. The SMILES string of the molecule is CC(C)N(CC1CCCNC1)C1CCCCC1(C)C. The lowest BCUT2D eigenvalue weighted by Crippen LogP contribution is -2.53. The normalized spacial score (nSPS) is 31.9. The van der Waals surface area contributed by atoms with E-state index in [1.807, 2.05) is 0 Å². The average molecular weight is 266 g/mol. The molecule has 1 saturated carbocycles. The average Bonchev–Trinajstić information content (AvgIpc) is 2.37. The van der Waals surface area contributed by atoms with E-state index in [0.717, 1.165) is 12.0 Å². The van der Waals surface area contributed by atoms with Gasteiger partial charge < -0.3 is 5.32 Å². The summed E-state index contributed by atoms with van der Waals surface area (Å²) in [4.78, 5) is 2.83. The molecule has 2 nitrogen and oxygen atoms in total. The van der Waals surface area contributed by atoms with Gasteiger partial charge in [0.25, 0.3) is 0 Å². The first-order valence-corrected chi connectivity index (χ1v) is 8.47. The lowest BCUT2D eigenvalue weighted by Gasteiger charge is -2.48. The molecule has 0 radical (unpaired) electrons. The van der Waals surface area contributed by atoms with Crippen LogP contribution in [0.1, 0.15) is 66.2 Å². The third kappa shape index (κ3) is 3.95. The zero-order valence-corrected chi connectivity index (χ0v) is 13.5. The standard InChI is InChI=1S/C17H34N2/c1-14(2)19(13-15-8-7-11-18-12-15)16-9-5-6-10-17(16,3)4/h14-16,18H,5-13H2,1-4H3. The van der Waals surface area contributed by atoms with Crippen LogP contribution in [0.15, 0.2) is 0 Å². The third-order valence-electron chi connectivity index (χ3n) is 5.38. The number of nitrogens with one attached hydrogen (secondary N) is 1. The maximum absolute atomic E-state index is 3.58. The van der Waals surface area contributed by atoms with Crippen molar-refractivity contribution in [2.75, 3.05) is 19.6 Å². The molecule has 2 fully saturated rings. The van der Waals surface area contributed by atoms with E-state index in [0.29, 0.717) is 11.5 Å². The molecule has 1 aliphatic heterocycles. The predicted octanol–water partition coefficient (Wildman–Crippen LogP) is 3.67. The fraction of sp³-hybridized carbons (Fsp3) is 1.00. The Morgan fingerprint density at radius 3 is 2.53 bits per heavy atom. The van der Waals surface area contributed by atoms with Gasteiger partial charge in [-0.3, -0.25) is 4.90 Å². The zero-order chi connectivity index (χ0) is 13.9. The molecule has 0 spiro atoms. The van der Waals surface area contributed by atoms with Gasteiger partial charge in [-0.2, -0.15) is 0 Å². The largest absolute Gasteiger partial charge is 0.316 e. The van der Waals surface area contributed by atoms with E-state index in [2.05, 4.69) is 37.9 Å². The molecule has 1 aliphatic carbocycles. The molecular formula is C17H34N2. The van der Waals surface area contributed by atoms with Crippen molar-refractivity contribution >= 4 is 0 Å². The number of piperidine rings is 1. The van der Waals surface area contributed by atoms with Crippen LogP contribution in [0.3, 0.4) is 0 Å². The Morgan fingerprint density at radius 2 is 1.95 bits per heavy atom. The number of rotatable bonds is 4. The highest BCUT2D eigenvalue weighted by atomic mass is 15.2. The van der Waals surface area contributed by atoms with Crippen LogP contribution in [-0.4, -0.2) is 36.6 Å². The van der Waals surface area contributed by atoms with Crippen LogP contribution < -0.4 is 5.32 Å². The van der Waals surface area contributed by atoms with Crippen molar-refractivity contribution in [3.05, 3.63) is 0 Å². The van der Waals surface area contributed by atoms with Crippen molar-refractivity contribution in [2.45, 2.75) is 78.3 Å². The third-order valence-corrected chi connectivity index (χ3v) is 5.38. The molecule has 2 heteroatoms. The van der Waals surface area contributed by atoms with Crippen molar-refractivity contribution in [3.63, 3.8) is 0 Å². The van der Waals surface area contributed by atoms with Crippen LogP contribution in [0.5, 0.6) is 0 Å². The molecule has 112 valence electrons. The van der Waals surface area contributed by atoms with Crippen molar-refractivity contribution in [2.24, 2.45) is 11.3 Å². The fourth-order valence-corrected chi connectivity index (χ4v) is 4.17. The van der Waals surface area contributed by atoms with E-state index in [-0.39, 0.29) is 0 Å². The highest BCUT2D eigenvalue weighted by molar-refractivity contribution is 4.92. The molecule has 0 aromatic heterocycles. The molecule has 2 aliphatic rings. The molecule has 0 aromatic carbocycles. The Bertz CT molecular complexity index is 266. The maximum Gasteiger partial charge on any atom is 0.0149 e. The summed E-state index contributed by atoms with van der Waals surface area (Å²) in [6, 6.07) is 1.48. The molecule has 0 amide bonds. The summed E-state index contributed by atoms with van der Waals surface area (Å²) in [5.41, 5.74) is 0.505. The summed E-state index contributed by atoms with van der Waals surface area (Å²) in [6.07, 6.45) is 8.46. The summed E-state index contributed by atoms with van der Waals surface area (Å²) in [6.45, 7) is 13.5. The summed E-state index contributed by atoms with van der Waals surface area (Å²) >= 11 is 0. The minimum Gasteiger partial charge on any atom is -0.316 e. The lowest BCUT2D eigenvalue weighted by atomic mass is 9.72. The van der Waals surface area contributed by atoms with Crippen LogP contribution in [0.2, 0.25) is 0 Å². The van der Waals surface area contributed by atoms with Crippen molar-refractivity contribution < 1.29 is 0 Å². The second-order valence-electron chi connectivity index (χ2n) is 7.75. The Hall–Kier alpha value is -0.0800. The second kappa shape index (κ2) is 6.58. The summed E-state index contributed by atoms with van der Waals surface area (Å²) in [7, 11) is 0. The highest BCUT2D eigenvalue weighted by Gasteiger charge is 2.37. The van der Waals surface area contributed by atoms with E-state index >= 15 is 0 Å². The Kier molecular flexibility index (Phi) is 5.30. The first-order valence-electron chi connectivity index (χ1n) is 8.47. The Labute approximate surface area is 120 Å². The van der Waals surface area contributed by atoms with E-state index in [1.165, 1.54) is 58.2 Å². The van der Waals surface area contributed by atoms with Gasteiger partial charge >= 0.3 is 0 Å². The van der Waals surface area contributed by atoms with Crippen LogP contribution in [0, 0.1) is 11.3 Å². The molecule has 2 unspecified atom stereocenters. The molecule has 1 N–H and O–H groups in total. The summed E-state index contributed by atoms with van der Waals surface area (Å²) in [5.74, 6) is 0.869. The summed E-state index contributed by atoms with van der Waals surface area (Å²) in [5, 5.41) is 3.58. The van der Waals surface area contributed by atoms with Crippen molar-refractivity contribution in [1.29, 1.82) is 0 Å². The van der Waals surface area contributed by atoms with Gasteiger partial charge in [-0.05, 0) is 64.0 Å². The highest BCUT2D eigenvalue weighted by Crippen LogP contribution is 2.39. The smallest absolute Gasteiger partial charge is 0.0149 e. The van der Waals surface area contributed by atoms with Gasteiger partial charge in [-0.25, -0.2) is 0 Å². The van der Waals surface area contributed by atoms with Gasteiger partial charge in [0.1, 0.15) is 0 Å². The van der Waals surface area contributed by atoms with Gasteiger partial charge in [-0.15, -0.1) is 0 Å². The number of hydrogen-bond acceptors (Lipinski definition) is 2. The molecule has 2 rings (SSSR count). The van der Waals surface area contributed by atoms with E-state index in [4.69, 9.17) is 0 Å². The van der Waals surface area contributed by atoms with Gasteiger partial charge in [-0.1, -0.05) is 26.7 Å². The minimum absolute atomic E-state index is 0.505. The Balaban J connectivity index is 2.01. The van der Waals surface area contributed by atoms with Crippen LogP contribution >= 0.6 is 0 Å². The summed E-state index contributed by atoms with van der Waals surface area (Å²) < 4.78 is 0. The van der Waals surface area contributed by atoms with E-state index in [1.54, 1.807) is 0 Å². The van der Waals surface area contributed by atoms with Crippen LogP contribution in [-0.2, 0) is 0 Å². The first kappa shape index (κ1) is 15.3. The minimum atomic E-state index is 0.505. The van der Waals surface area contributed by atoms with Crippen molar-refractivity contribution in [3.8, 4) is 0 Å². The lowest BCUT2D eigenvalue weighted by molar-refractivity contribution is 0.0141. The van der Waals surface area contributed by atoms with Gasteiger partial charge in [0.05, 0.1) is 0 Å². The van der Waals surface area contributed by atoms with Crippen LogP contribution in [0.25, 0.3) is 0 Å². The van der Waals surface area contributed by atoms with E-state index < -0.39 is 0 Å². The zero-order valence-electron chi connectivity index (χ0n) is 13.5. The number of nitrogens with zero attached hydrogens (tertiary/aromatic N) is 1. The maximum atomic E-state index is 3.58. The molecular weight excluding hydrogens is 232 g/mol. The van der Waals surface area contributed by atoms with Gasteiger partial charge in [0.2, 0.25) is 0 Å². The molecule has 1 heterocycles. The molecule has 2 atom stereocenters. The monoisotopic (exact) mass is 266 g/mol. The fourth-order valence-electron chi connectivity index (χ4n) is 4.17. The van der Waals surface area contributed by atoms with E-state index in [9.17, 15) is 0 Å². The predicted molar refractivity (Wildman–Crippen MR) is 83.5 cm³/mol. The van der Waals surface area contributed by atoms with Gasteiger partial charge in [0.15, 0.2) is 0 Å². The first-order chi connectivity index (χ1) is 9.00. The molecule has 0 bridgehead atoms. The molecule has 1 saturated heterocycles. The second-order valence-corrected chi connectivity index (χ2v) is 7.75. The molecule has 19 heavy (non-hydrogen) atoms. The van der Waals surface area contributed by atoms with Gasteiger partial charge in [0, 0.05) is 18.6 Å². The Morgan fingerprint density at radius 1 is 1.16 bits per heavy atom. The van der Waals surface area contributed by atoms with Crippen LogP contribution in [0.4, 0.5) is 0 Å². The topological polar surface area (TPSA) is 15.3 Å². The quantitative estimate of drug-likeness (QED) is 0.835.